The second kappa shape index (κ2) is 13.2. The lowest BCUT2D eigenvalue weighted by Gasteiger charge is -2.30. The largest absolute Gasteiger partial charge is 0.483 e. The Balaban J connectivity index is 2.12. The van der Waals surface area contributed by atoms with Gasteiger partial charge in [0, 0.05) is 13.1 Å². The predicted octanol–water partition coefficient (Wildman–Crippen LogP) is 4.77. The molecule has 2 aromatic rings. The highest BCUT2D eigenvalue weighted by atomic mass is 79.9. The van der Waals surface area contributed by atoms with Crippen molar-refractivity contribution < 1.29 is 14.3 Å². The van der Waals surface area contributed by atoms with E-state index in [9.17, 15) is 9.59 Å². The lowest BCUT2D eigenvalue weighted by atomic mass is 10.1. The first kappa shape index (κ1) is 24.9. The molecule has 0 aliphatic carbocycles. The van der Waals surface area contributed by atoms with E-state index in [0.29, 0.717) is 31.7 Å². The summed E-state index contributed by atoms with van der Waals surface area (Å²) in [6.45, 7) is 6.97. The molecule has 2 amide bonds. The summed E-state index contributed by atoms with van der Waals surface area (Å²) in [6, 6.07) is 15.3. The predicted molar refractivity (Wildman–Crippen MR) is 128 cm³/mol. The number of hydrogen-bond donors (Lipinski definition) is 1. The van der Waals surface area contributed by atoms with Crippen LogP contribution in [0.5, 0.6) is 5.75 Å². The summed E-state index contributed by atoms with van der Waals surface area (Å²) < 4.78 is 6.64. The van der Waals surface area contributed by atoms with Gasteiger partial charge in [0.2, 0.25) is 5.91 Å². The molecule has 0 heterocycles. The van der Waals surface area contributed by atoms with Gasteiger partial charge in [0.15, 0.2) is 6.61 Å². The molecule has 0 fully saturated rings. The average molecular weight is 489 g/mol. The maximum atomic E-state index is 13.2. The molecule has 0 aliphatic heterocycles. The number of carbonyl (C=O) groups excluding carboxylic acids is 2. The number of benzene rings is 2. The normalized spacial score (nSPS) is 11.6. The Morgan fingerprint density at radius 1 is 1.06 bits per heavy atom. The van der Waals surface area contributed by atoms with E-state index in [1.54, 1.807) is 4.90 Å². The number of nitrogens with zero attached hydrogens (tertiary/aromatic N) is 1. The van der Waals surface area contributed by atoms with Crippen molar-refractivity contribution in [1.82, 2.24) is 10.2 Å². The monoisotopic (exact) mass is 488 g/mol. The Morgan fingerprint density at radius 2 is 1.81 bits per heavy atom. The standard InChI is InChI=1S/C25H33BrN2O3/c1-4-15-27-25(30)22(6-3)28(16-14-20-10-8-7-9-11-20)24(29)18-31-23-13-12-19(5-2)17-21(23)26/h7-13,17,22H,4-6,14-16,18H2,1-3H3,(H,27,30)/t22-/m1/s1. The summed E-state index contributed by atoms with van der Waals surface area (Å²) in [5.74, 6) is 0.317. The number of carbonyl (C=O) groups is 2. The minimum Gasteiger partial charge on any atom is -0.483 e. The molecule has 0 aliphatic rings. The molecule has 0 saturated heterocycles. The van der Waals surface area contributed by atoms with E-state index in [1.165, 1.54) is 5.56 Å². The van der Waals surface area contributed by atoms with Crippen LogP contribution in [0.15, 0.2) is 53.0 Å². The maximum Gasteiger partial charge on any atom is 0.261 e. The molecule has 0 bridgehead atoms. The molecular weight excluding hydrogens is 456 g/mol. The van der Waals surface area contributed by atoms with Crippen LogP contribution >= 0.6 is 15.9 Å². The molecule has 1 atom stereocenters. The molecule has 0 unspecified atom stereocenters. The molecule has 168 valence electrons. The van der Waals surface area contributed by atoms with Crippen molar-refractivity contribution in [2.75, 3.05) is 19.7 Å². The summed E-state index contributed by atoms with van der Waals surface area (Å²) in [5.41, 5.74) is 2.32. The van der Waals surface area contributed by atoms with E-state index in [1.807, 2.05) is 62.4 Å². The van der Waals surface area contributed by atoms with Crippen molar-refractivity contribution in [1.29, 1.82) is 0 Å². The van der Waals surface area contributed by atoms with Gasteiger partial charge >= 0.3 is 0 Å². The summed E-state index contributed by atoms with van der Waals surface area (Å²) in [6.07, 6.45) is 3.01. The van der Waals surface area contributed by atoms with Crippen molar-refractivity contribution in [2.45, 2.75) is 52.5 Å². The van der Waals surface area contributed by atoms with Crippen molar-refractivity contribution in [3.63, 3.8) is 0 Å². The molecular formula is C25H33BrN2O3. The van der Waals surface area contributed by atoms with Crippen LogP contribution in [0.4, 0.5) is 0 Å². The van der Waals surface area contributed by atoms with Gasteiger partial charge in [0.25, 0.3) is 5.91 Å². The van der Waals surface area contributed by atoms with Crippen LogP contribution in [-0.2, 0) is 22.4 Å². The fourth-order valence-electron chi connectivity index (χ4n) is 3.37. The Morgan fingerprint density at radius 3 is 2.42 bits per heavy atom. The molecule has 31 heavy (non-hydrogen) atoms. The summed E-state index contributed by atoms with van der Waals surface area (Å²) in [5, 5.41) is 2.93. The van der Waals surface area contributed by atoms with Crippen LogP contribution in [0.3, 0.4) is 0 Å². The first-order valence-corrected chi connectivity index (χ1v) is 11.8. The fraction of sp³-hybridized carbons (Fsp3) is 0.440. The van der Waals surface area contributed by atoms with E-state index in [4.69, 9.17) is 4.74 Å². The number of nitrogens with one attached hydrogen (secondary N) is 1. The third-order valence-corrected chi connectivity index (χ3v) is 5.79. The highest BCUT2D eigenvalue weighted by molar-refractivity contribution is 9.10. The average Bonchev–Trinajstić information content (AvgIpc) is 2.79. The number of ether oxygens (including phenoxy) is 1. The van der Waals surface area contributed by atoms with Gasteiger partial charge < -0.3 is 15.0 Å². The van der Waals surface area contributed by atoms with E-state index in [-0.39, 0.29) is 18.4 Å². The molecule has 0 spiro atoms. The summed E-state index contributed by atoms with van der Waals surface area (Å²) >= 11 is 3.52. The quantitative estimate of drug-likeness (QED) is 0.468. The second-order valence-corrected chi connectivity index (χ2v) is 8.30. The zero-order valence-electron chi connectivity index (χ0n) is 18.7. The fourth-order valence-corrected chi connectivity index (χ4v) is 3.91. The van der Waals surface area contributed by atoms with Gasteiger partial charge in [-0.1, -0.05) is 57.2 Å². The van der Waals surface area contributed by atoms with Crippen molar-refractivity contribution in [3.8, 4) is 5.75 Å². The zero-order valence-corrected chi connectivity index (χ0v) is 20.3. The lowest BCUT2D eigenvalue weighted by Crippen LogP contribution is -2.51. The second-order valence-electron chi connectivity index (χ2n) is 7.44. The molecule has 2 rings (SSSR count). The molecule has 0 saturated carbocycles. The third kappa shape index (κ3) is 7.69. The lowest BCUT2D eigenvalue weighted by molar-refractivity contribution is -0.142. The summed E-state index contributed by atoms with van der Waals surface area (Å²) in [4.78, 5) is 27.6. The van der Waals surface area contributed by atoms with Gasteiger partial charge in [-0.3, -0.25) is 9.59 Å². The number of rotatable bonds is 12. The van der Waals surface area contributed by atoms with Gasteiger partial charge in [-0.15, -0.1) is 0 Å². The van der Waals surface area contributed by atoms with Crippen molar-refractivity contribution in [2.24, 2.45) is 0 Å². The Hall–Kier alpha value is -2.34. The number of hydrogen-bond acceptors (Lipinski definition) is 3. The molecule has 6 heteroatoms. The Bertz CT molecular complexity index is 842. The molecule has 0 aromatic heterocycles. The topological polar surface area (TPSA) is 58.6 Å². The van der Waals surface area contributed by atoms with Crippen LogP contribution in [0.25, 0.3) is 0 Å². The Labute approximate surface area is 194 Å². The molecule has 2 aromatic carbocycles. The van der Waals surface area contributed by atoms with E-state index < -0.39 is 6.04 Å². The first-order chi connectivity index (χ1) is 15.0. The van der Waals surface area contributed by atoms with Crippen molar-refractivity contribution >= 4 is 27.7 Å². The van der Waals surface area contributed by atoms with Crippen LogP contribution in [0.1, 0.15) is 44.7 Å². The highest BCUT2D eigenvalue weighted by Gasteiger charge is 2.28. The minimum absolute atomic E-state index is 0.112. The van der Waals surface area contributed by atoms with Crippen LogP contribution < -0.4 is 10.1 Å². The smallest absolute Gasteiger partial charge is 0.261 e. The van der Waals surface area contributed by atoms with Crippen LogP contribution in [0.2, 0.25) is 0 Å². The van der Waals surface area contributed by atoms with Gasteiger partial charge in [-0.05, 0) is 64.9 Å². The molecule has 1 N–H and O–H groups in total. The first-order valence-electron chi connectivity index (χ1n) is 11.0. The number of amides is 2. The van der Waals surface area contributed by atoms with E-state index in [0.717, 1.165) is 22.9 Å². The Kier molecular flexibility index (Phi) is 10.6. The van der Waals surface area contributed by atoms with Gasteiger partial charge in [-0.25, -0.2) is 0 Å². The van der Waals surface area contributed by atoms with Crippen LogP contribution in [0, 0.1) is 0 Å². The van der Waals surface area contributed by atoms with Gasteiger partial charge in [-0.2, -0.15) is 0 Å². The minimum atomic E-state index is -0.516. The van der Waals surface area contributed by atoms with Gasteiger partial charge in [0.1, 0.15) is 11.8 Å². The van der Waals surface area contributed by atoms with E-state index in [2.05, 4.69) is 28.2 Å². The van der Waals surface area contributed by atoms with Crippen molar-refractivity contribution in [3.05, 3.63) is 64.1 Å². The van der Waals surface area contributed by atoms with Crippen LogP contribution in [-0.4, -0.2) is 42.5 Å². The molecule has 5 nitrogen and oxygen atoms in total. The zero-order chi connectivity index (χ0) is 22.6. The SMILES string of the molecule is CCCNC(=O)[C@@H](CC)N(CCc1ccccc1)C(=O)COc1ccc(CC)cc1Br. The van der Waals surface area contributed by atoms with E-state index >= 15 is 0 Å². The number of aryl methyl sites for hydroxylation is 1. The number of halogens is 1. The maximum absolute atomic E-state index is 13.2. The van der Waals surface area contributed by atoms with Gasteiger partial charge in [0.05, 0.1) is 4.47 Å². The summed E-state index contributed by atoms with van der Waals surface area (Å²) in [7, 11) is 0. The molecule has 0 radical (unpaired) electrons. The highest BCUT2D eigenvalue weighted by Crippen LogP contribution is 2.26. The third-order valence-electron chi connectivity index (χ3n) is 5.18.